The van der Waals surface area contributed by atoms with Gasteiger partial charge in [0.15, 0.2) is 0 Å². The fourth-order valence-electron chi connectivity index (χ4n) is 2.19. The predicted molar refractivity (Wildman–Crippen MR) is 80.7 cm³/mol. The minimum atomic E-state index is -0.480. The Morgan fingerprint density at radius 2 is 2.05 bits per heavy atom. The van der Waals surface area contributed by atoms with Crippen molar-refractivity contribution >= 4 is 5.69 Å². The van der Waals surface area contributed by atoms with E-state index in [-0.39, 0.29) is 0 Å². The molecule has 0 aliphatic carbocycles. The van der Waals surface area contributed by atoms with Crippen LogP contribution in [0.4, 0.5) is 5.69 Å². The quantitative estimate of drug-likeness (QED) is 0.738. The number of ether oxygens (including phenoxy) is 1. The summed E-state index contributed by atoms with van der Waals surface area (Å²) in [5.41, 5.74) is 8.33. The third-order valence-corrected chi connectivity index (χ3v) is 3.58. The van der Waals surface area contributed by atoms with Crippen molar-refractivity contribution in [2.75, 3.05) is 32.5 Å². The molecule has 3 N–H and O–H groups in total. The molecule has 1 atom stereocenters. The van der Waals surface area contributed by atoms with Crippen LogP contribution in [0.15, 0.2) is 0 Å². The molecule has 0 aliphatic rings. The smallest absolute Gasteiger partial charge is 0.0862 e. The molecule has 0 saturated heterocycles. The highest BCUT2D eigenvalue weighted by molar-refractivity contribution is 5.46. The second kappa shape index (κ2) is 7.61. The number of rotatable bonds is 8. The van der Waals surface area contributed by atoms with Crippen LogP contribution in [0.1, 0.15) is 25.2 Å². The molecule has 1 rings (SSSR count). The molecule has 116 valence electrons. The SMILES string of the molecule is COCCN(CC(O)Cn1nc(C)c(N)c1C)C(C)C. The summed E-state index contributed by atoms with van der Waals surface area (Å²) < 4.78 is 6.89. The third kappa shape index (κ3) is 4.47. The Morgan fingerprint density at radius 3 is 2.50 bits per heavy atom. The standard InChI is InChI=1S/C14H28N4O2/c1-10(2)17(6-7-20-5)8-13(19)9-18-12(4)14(15)11(3)16-18/h10,13,19H,6-9,15H2,1-5H3. The van der Waals surface area contributed by atoms with E-state index in [2.05, 4.69) is 23.8 Å². The van der Waals surface area contributed by atoms with E-state index >= 15 is 0 Å². The summed E-state index contributed by atoms with van der Waals surface area (Å²) in [5, 5.41) is 14.6. The summed E-state index contributed by atoms with van der Waals surface area (Å²) in [6.07, 6.45) is -0.480. The van der Waals surface area contributed by atoms with Crippen molar-refractivity contribution in [3.05, 3.63) is 11.4 Å². The fourth-order valence-corrected chi connectivity index (χ4v) is 2.19. The van der Waals surface area contributed by atoms with Crippen LogP contribution in [-0.4, -0.2) is 58.7 Å². The molecule has 20 heavy (non-hydrogen) atoms. The largest absolute Gasteiger partial charge is 0.396 e. The summed E-state index contributed by atoms with van der Waals surface area (Å²) in [7, 11) is 1.69. The van der Waals surface area contributed by atoms with Crippen LogP contribution >= 0.6 is 0 Å². The molecule has 0 saturated carbocycles. The minimum Gasteiger partial charge on any atom is -0.396 e. The predicted octanol–water partition coefficient (Wildman–Crippen LogP) is 0.800. The summed E-state index contributed by atoms with van der Waals surface area (Å²) in [5.74, 6) is 0. The summed E-state index contributed by atoms with van der Waals surface area (Å²) >= 11 is 0. The van der Waals surface area contributed by atoms with Crippen LogP contribution in [0, 0.1) is 13.8 Å². The number of hydrogen-bond donors (Lipinski definition) is 2. The molecule has 0 spiro atoms. The molecular formula is C14H28N4O2. The van der Waals surface area contributed by atoms with E-state index in [0.29, 0.717) is 31.4 Å². The number of aromatic nitrogens is 2. The maximum Gasteiger partial charge on any atom is 0.0862 e. The van der Waals surface area contributed by atoms with Crippen LogP contribution in [0.5, 0.6) is 0 Å². The van der Waals surface area contributed by atoms with Gasteiger partial charge in [-0.15, -0.1) is 0 Å². The highest BCUT2D eigenvalue weighted by Crippen LogP contribution is 2.15. The Hall–Kier alpha value is -1.11. The van der Waals surface area contributed by atoms with E-state index in [4.69, 9.17) is 10.5 Å². The molecule has 0 aliphatic heterocycles. The average molecular weight is 284 g/mol. The van der Waals surface area contributed by atoms with Crippen LogP contribution in [0.2, 0.25) is 0 Å². The Labute approximate surface area is 121 Å². The number of anilines is 1. The van der Waals surface area contributed by atoms with Crippen LogP contribution in [0.25, 0.3) is 0 Å². The Balaban J connectivity index is 2.60. The number of nitrogens with zero attached hydrogens (tertiary/aromatic N) is 3. The molecule has 1 unspecified atom stereocenters. The van der Waals surface area contributed by atoms with Gasteiger partial charge in [-0.05, 0) is 27.7 Å². The lowest BCUT2D eigenvalue weighted by molar-refractivity contribution is 0.0616. The van der Waals surface area contributed by atoms with E-state index in [9.17, 15) is 5.11 Å². The zero-order valence-corrected chi connectivity index (χ0v) is 13.3. The number of aryl methyl sites for hydroxylation is 1. The van der Waals surface area contributed by atoms with Gasteiger partial charge in [-0.3, -0.25) is 9.58 Å². The van der Waals surface area contributed by atoms with Gasteiger partial charge in [0.25, 0.3) is 0 Å². The monoisotopic (exact) mass is 284 g/mol. The molecule has 0 amide bonds. The third-order valence-electron chi connectivity index (χ3n) is 3.58. The zero-order chi connectivity index (χ0) is 15.3. The molecule has 0 bridgehead atoms. The molecule has 6 heteroatoms. The van der Waals surface area contributed by atoms with Gasteiger partial charge in [0.2, 0.25) is 0 Å². The lowest BCUT2D eigenvalue weighted by Gasteiger charge is -2.28. The van der Waals surface area contributed by atoms with Crippen LogP contribution < -0.4 is 5.73 Å². The second-order valence-corrected chi connectivity index (χ2v) is 5.50. The average Bonchev–Trinajstić information content (AvgIpc) is 2.61. The molecule has 1 aromatic heterocycles. The van der Waals surface area contributed by atoms with Crippen molar-refractivity contribution in [3.63, 3.8) is 0 Å². The Morgan fingerprint density at radius 1 is 1.40 bits per heavy atom. The zero-order valence-electron chi connectivity index (χ0n) is 13.3. The maximum atomic E-state index is 10.3. The van der Waals surface area contributed by atoms with Crippen molar-refractivity contribution < 1.29 is 9.84 Å². The van der Waals surface area contributed by atoms with E-state index < -0.39 is 6.10 Å². The first kappa shape index (κ1) is 16.9. The normalized spacial score (nSPS) is 13.4. The van der Waals surface area contributed by atoms with Crippen molar-refractivity contribution in [2.45, 2.75) is 46.4 Å². The lowest BCUT2D eigenvalue weighted by Crippen LogP contribution is -2.41. The van der Waals surface area contributed by atoms with Crippen LogP contribution in [0.3, 0.4) is 0 Å². The number of hydrogen-bond acceptors (Lipinski definition) is 5. The maximum absolute atomic E-state index is 10.3. The van der Waals surface area contributed by atoms with E-state index in [0.717, 1.165) is 17.9 Å². The van der Waals surface area contributed by atoms with E-state index in [1.165, 1.54) is 0 Å². The molecule has 0 aromatic carbocycles. The van der Waals surface area contributed by atoms with Crippen molar-refractivity contribution in [2.24, 2.45) is 0 Å². The van der Waals surface area contributed by atoms with E-state index in [1.54, 1.807) is 11.8 Å². The first-order valence-electron chi connectivity index (χ1n) is 7.07. The Bertz CT molecular complexity index is 418. The first-order valence-corrected chi connectivity index (χ1v) is 7.07. The van der Waals surface area contributed by atoms with Gasteiger partial charge >= 0.3 is 0 Å². The fraction of sp³-hybridized carbons (Fsp3) is 0.786. The second-order valence-electron chi connectivity index (χ2n) is 5.50. The number of nitrogen functional groups attached to an aromatic ring is 1. The number of methoxy groups -OCH3 is 1. The molecule has 1 heterocycles. The van der Waals surface area contributed by atoms with Gasteiger partial charge in [-0.25, -0.2) is 0 Å². The minimum absolute atomic E-state index is 0.366. The van der Waals surface area contributed by atoms with Gasteiger partial charge < -0.3 is 15.6 Å². The number of aliphatic hydroxyl groups excluding tert-OH is 1. The molecule has 1 aromatic rings. The molecule has 6 nitrogen and oxygen atoms in total. The van der Waals surface area contributed by atoms with Gasteiger partial charge in [0, 0.05) is 26.2 Å². The lowest BCUT2D eigenvalue weighted by atomic mass is 10.2. The Kier molecular flexibility index (Phi) is 6.45. The molecule has 0 fully saturated rings. The van der Waals surface area contributed by atoms with E-state index in [1.807, 2.05) is 13.8 Å². The van der Waals surface area contributed by atoms with Crippen LogP contribution in [-0.2, 0) is 11.3 Å². The van der Waals surface area contributed by atoms with Crippen molar-refractivity contribution in [1.82, 2.24) is 14.7 Å². The highest BCUT2D eigenvalue weighted by atomic mass is 16.5. The topological polar surface area (TPSA) is 76.5 Å². The highest BCUT2D eigenvalue weighted by Gasteiger charge is 2.17. The number of aliphatic hydroxyl groups is 1. The van der Waals surface area contributed by atoms with Gasteiger partial charge in [0.1, 0.15) is 0 Å². The van der Waals surface area contributed by atoms with Crippen molar-refractivity contribution in [3.8, 4) is 0 Å². The van der Waals surface area contributed by atoms with Gasteiger partial charge in [-0.1, -0.05) is 0 Å². The summed E-state index contributed by atoms with van der Waals surface area (Å²) in [4.78, 5) is 2.20. The molecular weight excluding hydrogens is 256 g/mol. The summed E-state index contributed by atoms with van der Waals surface area (Å²) in [6.45, 7) is 10.6. The first-order chi connectivity index (χ1) is 9.36. The van der Waals surface area contributed by atoms with Gasteiger partial charge in [-0.2, -0.15) is 5.10 Å². The van der Waals surface area contributed by atoms with Crippen molar-refractivity contribution in [1.29, 1.82) is 0 Å². The number of nitrogens with two attached hydrogens (primary N) is 1. The van der Waals surface area contributed by atoms with Gasteiger partial charge in [0.05, 0.1) is 36.3 Å². The molecule has 0 radical (unpaired) electrons. The summed E-state index contributed by atoms with van der Waals surface area (Å²) in [6, 6.07) is 0.366.